The van der Waals surface area contributed by atoms with Crippen LogP contribution in [0, 0.1) is 22.7 Å². The molecule has 2 amide bonds. The summed E-state index contributed by atoms with van der Waals surface area (Å²) < 4.78 is 0. The fourth-order valence-electron chi connectivity index (χ4n) is 0.850. The number of hydrogen-bond acceptors (Lipinski definition) is 4. The van der Waals surface area contributed by atoms with E-state index in [1.165, 1.54) is 0 Å². The highest BCUT2D eigenvalue weighted by molar-refractivity contribution is 5.79. The SMILES string of the molecule is C[C@@H](CNC(=O)CC#N)NC(=O)CC#N. The van der Waals surface area contributed by atoms with Crippen molar-refractivity contribution in [3.8, 4) is 12.1 Å². The Bertz CT molecular complexity index is 313. The van der Waals surface area contributed by atoms with Gasteiger partial charge in [0.25, 0.3) is 0 Å². The van der Waals surface area contributed by atoms with Crippen molar-refractivity contribution in [3.63, 3.8) is 0 Å². The maximum absolute atomic E-state index is 10.9. The largest absolute Gasteiger partial charge is 0.353 e. The van der Waals surface area contributed by atoms with Crippen molar-refractivity contribution in [2.45, 2.75) is 25.8 Å². The standard InChI is InChI=1S/C9H12N4O2/c1-7(13-9(15)3-5-11)6-12-8(14)2-4-10/h7H,2-3,6H2,1H3,(H,12,14)(H,13,15)/t7-/m0/s1. The lowest BCUT2D eigenvalue weighted by atomic mass is 10.3. The monoisotopic (exact) mass is 208 g/mol. The van der Waals surface area contributed by atoms with Crippen LogP contribution in [0.4, 0.5) is 0 Å². The molecule has 0 saturated heterocycles. The van der Waals surface area contributed by atoms with Crippen LogP contribution in [0.3, 0.4) is 0 Å². The van der Waals surface area contributed by atoms with Crippen molar-refractivity contribution in [2.24, 2.45) is 0 Å². The summed E-state index contributed by atoms with van der Waals surface area (Å²) in [6.45, 7) is 1.94. The van der Waals surface area contributed by atoms with Gasteiger partial charge in [-0.05, 0) is 6.92 Å². The van der Waals surface area contributed by atoms with Crippen molar-refractivity contribution < 1.29 is 9.59 Å². The Hall–Kier alpha value is -2.08. The zero-order valence-electron chi connectivity index (χ0n) is 8.41. The minimum atomic E-state index is -0.376. The molecule has 0 unspecified atom stereocenters. The summed E-state index contributed by atoms with van der Waals surface area (Å²) in [5, 5.41) is 21.4. The Morgan fingerprint density at radius 2 is 1.73 bits per heavy atom. The normalized spacial score (nSPS) is 10.6. The van der Waals surface area contributed by atoms with E-state index >= 15 is 0 Å². The number of nitrogens with one attached hydrogen (secondary N) is 2. The molecule has 0 aliphatic rings. The maximum atomic E-state index is 10.9. The summed E-state index contributed by atoms with van der Waals surface area (Å²) in [4.78, 5) is 21.8. The molecule has 0 heterocycles. The maximum Gasteiger partial charge on any atom is 0.234 e. The topological polar surface area (TPSA) is 106 Å². The highest BCUT2D eigenvalue weighted by Gasteiger charge is 2.07. The molecule has 0 aliphatic heterocycles. The Kier molecular flexibility index (Phi) is 6.32. The average Bonchev–Trinajstić information content (AvgIpc) is 2.15. The molecule has 6 nitrogen and oxygen atoms in total. The van der Waals surface area contributed by atoms with Gasteiger partial charge in [0, 0.05) is 12.6 Å². The summed E-state index contributed by atoms with van der Waals surface area (Å²) in [5.41, 5.74) is 0. The van der Waals surface area contributed by atoms with E-state index in [4.69, 9.17) is 10.5 Å². The Balaban J connectivity index is 3.72. The van der Waals surface area contributed by atoms with E-state index in [9.17, 15) is 9.59 Å². The van der Waals surface area contributed by atoms with Crippen LogP contribution in [0.2, 0.25) is 0 Å². The van der Waals surface area contributed by atoms with Crippen LogP contribution in [0.1, 0.15) is 19.8 Å². The first-order valence-electron chi connectivity index (χ1n) is 4.40. The van der Waals surface area contributed by atoms with Gasteiger partial charge in [-0.15, -0.1) is 0 Å². The Labute approximate surface area is 87.9 Å². The summed E-state index contributed by atoms with van der Waals surface area (Å²) in [6.07, 6.45) is -0.394. The highest BCUT2D eigenvalue weighted by Crippen LogP contribution is 1.84. The Morgan fingerprint density at radius 3 is 2.27 bits per heavy atom. The molecule has 2 N–H and O–H groups in total. The number of amides is 2. The van der Waals surface area contributed by atoms with Gasteiger partial charge in [-0.25, -0.2) is 0 Å². The van der Waals surface area contributed by atoms with Gasteiger partial charge in [-0.3, -0.25) is 9.59 Å². The summed E-state index contributed by atoms with van der Waals surface area (Å²) in [6, 6.07) is 3.17. The van der Waals surface area contributed by atoms with Gasteiger partial charge in [-0.2, -0.15) is 10.5 Å². The fraction of sp³-hybridized carbons (Fsp3) is 0.556. The van der Waals surface area contributed by atoms with Crippen LogP contribution in [-0.4, -0.2) is 24.4 Å². The number of carbonyl (C=O) groups is 2. The van der Waals surface area contributed by atoms with E-state index in [-0.39, 0.29) is 37.2 Å². The molecular formula is C9H12N4O2. The lowest BCUT2D eigenvalue weighted by molar-refractivity contribution is -0.122. The van der Waals surface area contributed by atoms with Crippen molar-refractivity contribution >= 4 is 11.8 Å². The third-order valence-corrected chi connectivity index (χ3v) is 1.49. The summed E-state index contributed by atoms with van der Waals surface area (Å²) in [5.74, 6) is -0.751. The highest BCUT2D eigenvalue weighted by atomic mass is 16.2. The second-order valence-corrected chi connectivity index (χ2v) is 2.94. The van der Waals surface area contributed by atoms with E-state index < -0.39 is 0 Å². The average molecular weight is 208 g/mol. The second-order valence-electron chi connectivity index (χ2n) is 2.94. The summed E-state index contributed by atoms with van der Waals surface area (Å²) in [7, 11) is 0. The van der Waals surface area contributed by atoms with Gasteiger partial charge in [0.05, 0.1) is 12.1 Å². The van der Waals surface area contributed by atoms with Crippen LogP contribution in [-0.2, 0) is 9.59 Å². The van der Waals surface area contributed by atoms with Crippen molar-refractivity contribution in [1.29, 1.82) is 10.5 Å². The molecule has 0 rings (SSSR count). The Morgan fingerprint density at radius 1 is 1.20 bits per heavy atom. The molecule has 1 atom stereocenters. The first kappa shape index (κ1) is 12.9. The van der Waals surface area contributed by atoms with Crippen LogP contribution in [0.5, 0.6) is 0 Å². The number of nitriles is 2. The van der Waals surface area contributed by atoms with Crippen LogP contribution < -0.4 is 10.6 Å². The van der Waals surface area contributed by atoms with Crippen LogP contribution >= 0.6 is 0 Å². The van der Waals surface area contributed by atoms with Crippen LogP contribution in [0.15, 0.2) is 0 Å². The number of hydrogen-bond donors (Lipinski definition) is 2. The van der Waals surface area contributed by atoms with Crippen LogP contribution in [0.25, 0.3) is 0 Å². The van der Waals surface area contributed by atoms with Crippen molar-refractivity contribution in [2.75, 3.05) is 6.54 Å². The predicted octanol–water partition coefficient (Wildman–Crippen LogP) is -0.565. The minimum absolute atomic E-state index is 0.196. The quantitative estimate of drug-likeness (QED) is 0.631. The van der Waals surface area contributed by atoms with Gasteiger partial charge >= 0.3 is 0 Å². The molecule has 0 aromatic heterocycles. The van der Waals surface area contributed by atoms with E-state index in [0.717, 1.165) is 0 Å². The molecule has 0 saturated carbocycles. The van der Waals surface area contributed by atoms with Gasteiger partial charge in [0.2, 0.25) is 11.8 Å². The van der Waals surface area contributed by atoms with Gasteiger partial charge in [-0.1, -0.05) is 0 Å². The third kappa shape index (κ3) is 7.03. The van der Waals surface area contributed by atoms with Gasteiger partial charge < -0.3 is 10.6 Å². The second kappa shape index (κ2) is 7.34. The number of rotatable bonds is 5. The minimum Gasteiger partial charge on any atom is -0.353 e. The fourth-order valence-corrected chi connectivity index (χ4v) is 0.850. The molecule has 0 aliphatic carbocycles. The van der Waals surface area contributed by atoms with E-state index in [2.05, 4.69) is 10.6 Å². The molecule has 0 radical (unpaired) electrons. The number of nitrogens with zero attached hydrogens (tertiary/aromatic N) is 2. The molecule has 80 valence electrons. The smallest absolute Gasteiger partial charge is 0.234 e. The molecule has 15 heavy (non-hydrogen) atoms. The molecule has 0 bridgehead atoms. The van der Waals surface area contributed by atoms with E-state index in [1.54, 1.807) is 19.1 Å². The van der Waals surface area contributed by atoms with E-state index in [0.29, 0.717) is 0 Å². The number of carbonyl (C=O) groups excluding carboxylic acids is 2. The van der Waals surface area contributed by atoms with E-state index in [1.807, 2.05) is 0 Å². The molecule has 0 spiro atoms. The first-order chi connectivity index (χ1) is 7.10. The lowest BCUT2D eigenvalue weighted by Crippen LogP contribution is -2.41. The summed E-state index contributed by atoms with van der Waals surface area (Å²) >= 11 is 0. The lowest BCUT2D eigenvalue weighted by Gasteiger charge is -2.12. The third-order valence-electron chi connectivity index (χ3n) is 1.49. The first-order valence-corrected chi connectivity index (χ1v) is 4.40. The molecular weight excluding hydrogens is 196 g/mol. The molecule has 0 aromatic rings. The molecule has 6 heteroatoms. The zero-order valence-corrected chi connectivity index (χ0v) is 8.41. The predicted molar refractivity (Wildman–Crippen MR) is 51.1 cm³/mol. The van der Waals surface area contributed by atoms with Crippen molar-refractivity contribution in [1.82, 2.24) is 10.6 Å². The van der Waals surface area contributed by atoms with Gasteiger partial charge in [0.15, 0.2) is 0 Å². The van der Waals surface area contributed by atoms with Gasteiger partial charge in [0.1, 0.15) is 12.8 Å². The molecule has 0 aromatic carbocycles. The zero-order chi connectivity index (χ0) is 11.7. The molecule has 0 fully saturated rings. The van der Waals surface area contributed by atoms with Crippen molar-refractivity contribution in [3.05, 3.63) is 0 Å².